The number of pyridine rings is 1. The van der Waals surface area contributed by atoms with E-state index in [2.05, 4.69) is 4.98 Å². The quantitative estimate of drug-likeness (QED) is 0.101. The van der Waals surface area contributed by atoms with E-state index in [9.17, 15) is 10.1 Å². The monoisotopic (exact) mass is 506 g/mol. The molecule has 0 amide bonds. The number of allylic oxidation sites excluding steroid dienone is 2. The fourth-order valence-corrected chi connectivity index (χ4v) is 4.16. The molecule has 0 bridgehead atoms. The van der Waals surface area contributed by atoms with Crippen molar-refractivity contribution in [3.8, 4) is 6.07 Å². The van der Waals surface area contributed by atoms with Crippen LogP contribution in [0.3, 0.4) is 0 Å². The fourth-order valence-electron chi connectivity index (χ4n) is 1.99. The van der Waals surface area contributed by atoms with Crippen molar-refractivity contribution in [3.05, 3.63) is 72.9 Å². The van der Waals surface area contributed by atoms with Crippen LogP contribution in [-0.4, -0.2) is 17.6 Å². The van der Waals surface area contributed by atoms with E-state index in [1.165, 1.54) is 6.08 Å². The third-order valence-corrected chi connectivity index (χ3v) is 6.47. The Bertz CT molecular complexity index is 1000. The lowest BCUT2D eigenvalue weighted by Gasteiger charge is -2.12. The molecule has 4 nitrogen and oxygen atoms in total. The third-order valence-electron chi connectivity index (χ3n) is 3.32. The summed E-state index contributed by atoms with van der Waals surface area (Å²) in [6, 6.07) is 8.73. The summed E-state index contributed by atoms with van der Waals surface area (Å²) in [4.78, 5) is 16.7. The first-order chi connectivity index (χ1) is 13.8. The molecule has 0 fully saturated rings. The summed E-state index contributed by atoms with van der Waals surface area (Å²) < 4.78 is 4.87. The van der Waals surface area contributed by atoms with Gasteiger partial charge in [0.25, 0.3) is 0 Å². The number of nitriles is 1. The highest BCUT2D eigenvalue weighted by molar-refractivity contribution is 8.08. The second-order valence-corrected chi connectivity index (χ2v) is 8.16. The van der Waals surface area contributed by atoms with E-state index >= 15 is 0 Å². The number of benzene rings is 1. The van der Waals surface area contributed by atoms with E-state index in [1.807, 2.05) is 6.07 Å². The van der Waals surface area contributed by atoms with Crippen LogP contribution in [-0.2, 0) is 9.53 Å². The van der Waals surface area contributed by atoms with Crippen LogP contribution in [0.1, 0.15) is 12.5 Å². The minimum atomic E-state index is -0.724. The van der Waals surface area contributed by atoms with Crippen molar-refractivity contribution in [1.29, 1.82) is 5.26 Å². The molecule has 10 heteroatoms. The SMILES string of the molecule is CCOC(=O)C(C#N)=CC=C(Sc1c(Cl)c(Cl)nc(Cl)c1Cl)c1ccc(Cl)cc1. The molecule has 29 heavy (non-hydrogen) atoms. The zero-order valence-corrected chi connectivity index (χ0v) is 19.3. The van der Waals surface area contributed by atoms with Crippen molar-refractivity contribution in [2.45, 2.75) is 11.8 Å². The molecule has 0 saturated carbocycles. The van der Waals surface area contributed by atoms with Crippen molar-refractivity contribution in [1.82, 2.24) is 4.98 Å². The second kappa shape index (κ2) is 11.1. The Morgan fingerprint density at radius 1 is 1.10 bits per heavy atom. The average molecular weight is 509 g/mol. The van der Waals surface area contributed by atoms with E-state index in [-0.39, 0.29) is 32.5 Å². The standard InChI is InChI=1S/C19H11Cl5N2O2S/c1-2-28-19(27)11(9-25)5-8-13(10-3-6-12(20)7-4-10)29-16-14(21)17(23)26-18(24)15(16)22/h3-8H,2H2,1H3. The molecule has 0 saturated heterocycles. The van der Waals surface area contributed by atoms with Gasteiger partial charge in [0, 0.05) is 9.93 Å². The van der Waals surface area contributed by atoms with Gasteiger partial charge in [-0.3, -0.25) is 0 Å². The van der Waals surface area contributed by atoms with Crippen LogP contribution in [0.5, 0.6) is 0 Å². The molecule has 150 valence electrons. The number of nitrogens with zero attached hydrogens (tertiary/aromatic N) is 2. The molecule has 0 spiro atoms. The lowest BCUT2D eigenvalue weighted by Crippen LogP contribution is -2.05. The first kappa shape index (κ1) is 23.9. The molecular formula is C19H11Cl5N2O2S. The van der Waals surface area contributed by atoms with Crippen molar-refractivity contribution < 1.29 is 9.53 Å². The van der Waals surface area contributed by atoms with Gasteiger partial charge in [0.2, 0.25) is 0 Å². The van der Waals surface area contributed by atoms with E-state index in [1.54, 1.807) is 37.3 Å². The highest BCUT2D eigenvalue weighted by Gasteiger charge is 2.18. The number of halogens is 5. The molecular weight excluding hydrogens is 498 g/mol. The zero-order valence-electron chi connectivity index (χ0n) is 14.7. The molecule has 1 aromatic heterocycles. The normalized spacial score (nSPS) is 11.9. The summed E-state index contributed by atoms with van der Waals surface area (Å²) >= 11 is 31.7. The van der Waals surface area contributed by atoms with Crippen LogP contribution in [0, 0.1) is 11.3 Å². The molecule has 0 aliphatic heterocycles. The smallest absolute Gasteiger partial charge is 0.348 e. The van der Waals surface area contributed by atoms with Crippen molar-refractivity contribution in [2.75, 3.05) is 6.61 Å². The highest BCUT2D eigenvalue weighted by atomic mass is 35.5. The molecule has 2 rings (SSSR count). The number of carbonyl (C=O) groups is 1. The van der Waals surface area contributed by atoms with Gasteiger partial charge >= 0.3 is 5.97 Å². The number of esters is 1. The predicted molar refractivity (Wildman–Crippen MR) is 120 cm³/mol. The lowest BCUT2D eigenvalue weighted by molar-refractivity contribution is -0.138. The Labute approximate surface area is 197 Å². The van der Waals surface area contributed by atoms with E-state index in [0.717, 1.165) is 17.3 Å². The minimum Gasteiger partial charge on any atom is -0.462 e. The summed E-state index contributed by atoms with van der Waals surface area (Å²) in [6.45, 7) is 1.80. The van der Waals surface area contributed by atoms with Crippen LogP contribution in [0.25, 0.3) is 4.91 Å². The number of hydrogen-bond acceptors (Lipinski definition) is 5. The number of ether oxygens (including phenoxy) is 1. The van der Waals surface area contributed by atoms with E-state index < -0.39 is 5.97 Å². The first-order valence-corrected chi connectivity index (χ1v) is 10.6. The zero-order chi connectivity index (χ0) is 21.6. The van der Waals surface area contributed by atoms with Crippen molar-refractivity contribution in [2.24, 2.45) is 0 Å². The fraction of sp³-hybridized carbons (Fsp3) is 0.105. The molecule has 0 atom stereocenters. The lowest BCUT2D eigenvalue weighted by atomic mass is 10.2. The molecule has 0 N–H and O–H groups in total. The summed E-state index contributed by atoms with van der Waals surface area (Å²) in [5, 5.41) is 10.0. The van der Waals surface area contributed by atoms with Gasteiger partial charge in [-0.05, 0) is 36.8 Å². The van der Waals surface area contributed by atoms with Gasteiger partial charge in [-0.25, -0.2) is 9.78 Å². The number of hydrogen-bond donors (Lipinski definition) is 0. The Hall–Kier alpha value is -1.39. The summed E-state index contributed by atoms with van der Waals surface area (Å²) in [7, 11) is 0. The maximum absolute atomic E-state index is 11.9. The first-order valence-electron chi connectivity index (χ1n) is 7.91. The molecule has 1 heterocycles. The Balaban J connectivity index is 2.57. The number of carbonyl (C=O) groups excluding carboxylic acids is 1. The molecule has 0 radical (unpaired) electrons. The molecule has 0 aliphatic rings. The molecule has 0 unspecified atom stereocenters. The van der Waals surface area contributed by atoms with Crippen LogP contribution in [0.2, 0.25) is 25.4 Å². The summed E-state index contributed by atoms with van der Waals surface area (Å²) in [6.07, 6.45) is 2.92. The number of thioether (sulfide) groups is 1. The minimum absolute atomic E-state index is 0.00111. The summed E-state index contributed by atoms with van der Waals surface area (Å²) in [5.41, 5.74) is 0.565. The largest absolute Gasteiger partial charge is 0.462 e. The topological polar surface area (TPSA) is 63.0 Å². The molecule has 1 aromatic carbocycles. The number of rotatable bonds is 6. The highest BCUT2D eigenvalue weighted by Crippen LogP contribution is 2.46. The van der Waals surface area contributed by atoms with E-state index in [0.29, 0.717) is 14.8 Å². The van der Waals surface area contributed by atoms with Gasteiger partial charge in [-0.1, -0.05) is 81.9 Å². The average Bonchev–Trinajstić information content (AvgIpc) is 2.69. The van der Waals surface area contributed by atoms with Gasteiger partial charge in [0.05, 0.1) is 21.5 Å². The maximum atomic E-state index is 11.9. The van der Waals surface area contributed by atoms with Gasteiger partial charge in [0.15, 0.2) is 10.3 Å². The van der Waals surface area contributed by atoms with Crippen LogP contribution in [0.15, 0.2) is 46.9 Å². The van der Waals surface area contributed by atoms with Gasteiger partial charge in [-0.2, -0.15) is 5.26 Å². The maximum Gasteiger partial charge on any atom is 0.348 e. The van der Waals surface area contributed by atoms with Crippen LogP contribution >= 0.6 is 69.8 Å². The van der Waals surface area contributed by atoms with E-state index in [4.69, 9.17) is 62.7 Å². The Morgan fingerprint density at radius 3 is 2.21 bits per heavy atom. The van der Waals surface area contributed by atoms with Crippen LogP contribution in [0.4, 0.5) is 0 Å². The van der Waals surface area contributed by atoms with Gasteiger partial charge < -0.3 is 4.74 Å². The predicted octanol–water partition coefficient (Wildman–Crippen LogP) is 7.49. The van der Waals surface area contributed by atoms with Crippen molar-refractivity contribution >= 4 is 80.6 Å². The van der Waals surface area contributed by atoms with Crippen LogP contribution < -0.4 is 0 Å². The molecule has 0 aliphatic carbocycles. The molecule has 2 aromatic rings. The number of aromatic nitrogens is 1. The van der Waals surface area contributed by atoms with Gasteiger partial charge in [-0.15, -0.1) is 0 Å². The van der Waals surface area contributed by atoms with Crippen molar-refractivity contribution in [3.63, 3.8) is 0 Å². The Morgan fingerprint density at radius 2 is 1.69 bits per heavy atom. The second-order valence-electron chi connectivity index (χ2n) is 5.20. The summed E-state index contributed by atoms with van der Waals surface area (Å²) in [5.74, 6) is -0.724. The third kappa shape index (κ3) is 6.29. The Kier molecular flexibility index (Phi) is 9.16. The van der Waals surface area contributed by atoms with Gasteiger partial charge in [0.1, 0.15) is 11.6 Å².